The van der Waals surface area contributed by atoms with Gasteiger partial charge >= 0.3 is 6.09 Å². The van der Waals surface area contributed by atoms with Crippen molar-refractivity contribution < 1.29 is 14.6 Å². The van der Waals surface area contributed by atoms with Crippen molar-refractivity contribution in [3.8, 4) is 6.07 Å². The van der Waals surface area contributed by atoms with Crippen molar-refractivity contribution in [1.82, 2.24) is 4.90 Å². The highest BCUT2D eigenvalue weighted by Gasteiger charge is 2.59. The molecule has 0 radical (unpaired) electrons. The van der Waals surface area contributed by atoms with Crippen LogP contribution in [0.4, 0.5) is 4.79 Å². The van der Waals surface area contributed by atoms with Crippen LogP contribution in [0.25, 0.3) is 0 Å². The van der Waals surface area contributed by atoms with Crippen LogP contribution in [0.5, 0.6) is 0 Å². The Morgan fingerprint density at radius 3 is 1.94 bits per heavy atom. The lowest BCUT2D eigenvalue weighted by Gasteiger charge is -2.41. The zero-order valence-electron chi connectivity index (χ0n) is 19.5. The molecule has 0 aliphatic carbocycles. The molecule has 3 aromatic rings. The van der Waals surface area contributed by atoms with E-state index in [0.29, 0.717) is 11.1 Å². The molecule has 1 saturated heterocycles. The molecular weight excluding hydrogens is 444 g/mol. The van der Waals surface area contributed by atoms with Gasteiger partial charge in [-0.25, -0.2) is 4.79 Å². The smallest absolute Gasteiger partial charge is 0.412 e. The van der Waals surface area contributed by atoms with Crippen molar-refractivity contribution in [3.63, 3.8) is 0 Å². The van der Waals surface area contributed by atoms with Gasteiger partial charge in [0.05, 0.1) is 17.7 Å². The molecule has 1 amide bonds. The molecule has 1 fully saturated rings. The molecule has 1 aliphatic rings. The third kappa shape index (κ3) is 4.06. The summed E-state index contributed by atoms with van der Waals surface area (Å²) in [5.41, 5.74) is 1.92. The quantitative estimate of drug-likeness (QED) is 0.477. The molecule has 34 heavy (non-hydrogen) atoms. The van der Waals surface area contributed by atoms with E-state index < -0.39 is 23.2 Å². The molecule has 0 saturated carbocycles. The van der Waals surface area contributed by atoms with Gasteiger partial charge in [-0.1, -0.05) is 86.6 Å². The van der Waals surface area contributed by atoms with Gasteiger partial charge in [0.25, 0.3) is 0 Å². The van der Waals surface area contributed by atoms with E-state index in [2.05, 4.69) is 19.9 Å². The topological polar surface area (TPSA) is 73.6 Å². The maximum Gasteiger partial charge on any atom is 0.412 e. The molecule has 0 bridgehead atoms. The number of cyclic esters (lactones) is 1. The molecule has 1 N–H and O–H groups in total. The zero-order chi connectivity index (χ0) is 24.3. The lowest BCUT2D eigenvalue weighted by atomic mass is 9.75. The first-order valence-corrected chi connectivity index (χ1v) is 12.6. The normalized spacial score (nSPS) is 18.9. The van der Waals surface area contributed by atoms with Crippen LogP contribution >= 0.6 is 11.8 Å². The van der Waals surface area contributed by atoms with Gasteiger partial charge in [-0.15, -0.1) is 11.8 Å². The minimum atomic E-state index is -1.02. The first-order valence-electron chi connectivity index (χ1n) is 11.3. The highest BCUT2D eigenvalue weighted by Crippen LogP contribution is 2.50. The number of carbonyl (C=O) groups is 1. The van der Waals surface area contributed by atoms with Crippen LogP contribution in [0, 0.1) is 17.2 Å². The maximum absolute atomic E-state index is 13.6. The Kier molecular flexibility index (Phi) is 6.97. The summed E-state index contributed by atoms with van der Waals surface area (Å²) in [6, 6.07) is 28.2. The molecular formula is C28H28N2O3S. The summed E-state index contributed by atoms with van der Waals surface area (Å²) in [5.74, 6) is 0.0228. The minimum absolute atomic E-state index is 0.0228. The lowest BCUT2D eigenvalue weighted by Crippen LogP contribution is -2.51. The largest absolute Gasteiger partial charge is 0.431 e. The van der Waals surface area contributed by atoms with Gasteiger partial charge in [-0.2, -0.15) is 5.26 Å². The second-order valence-electron chi connectivity index (χ2n) is 8.74. The standard InChI is InChI=1S/C28H28N2O3S/c1-19(2)25-28(22-10-6-4-7-11-22,23-12-8-5-9-13-23)33-27(32)30(25)26(34-3)24(31)21-16-14-20(18-29)15-17-21/h4-17,19,24-26,31H,1-3H3/t24-,25-,26-/m0/s1. The number of hydrogen-bond donors (Lipinski definition) is 1. The summed E-state index contributed by atoms with van der Waals surface area (Å²) in [5, 5.41) is 19.9. The van der Waals surface area contributed by atoms with E-state index in [4.69, 9.17) is 10.00 Å². The number of hydrogen-bond acceptors (Lipinski definition) is 5. The van der Waals surface area contributed by atoms with E-state index in [9.17, 15) is 9.90 Å². The first-order chi connectivity index (χ1) is 16.4. The molecule has 3 atom stereocenters. The van der Waals surface area contributed by atoms with Crippen LogP contribution in [0.15, 0.2) is 84.9 Å². The van der Waals surface area contributed by atoms with Crippen molar-refractivity contribution in [3.05, 3.63) is 107 Å². The summed E-state index contributed by atoms with van der Waals surface area (Å²) in [6.07, 6.45) is 0.463. The van der Waals surface area contributed by atoms with Crippen molar-refractivity contribution in [2.24, 2.45) is 5.92 Å². The monoisotopic (exact) mass is 472 g/mol. The Bertz CT molecular complexity index is 1120. The molecule has 0 aromatic heterocycles. The van der Waals surface area contributed by atoms with Gasteiger partial charge in [0.1, 0.15) is 11.5 Å². The summed E-state index contributed by atoms with van der Waals surface area (Å²) < 4.78 is 6.33. The van der Waals surface area contributed by atoms with E-state index in [-0.39, 0.29) is 12.0 Å². The van der Waals surface area contributed by atoms with Crippen LogP contribution < -0.4 is 0 Å². The maximum atomic E-state index is 13.6. The number of carbonyl (C=O) groups excluding carboxylic acids is 1. The number of amides is 1. The third-order valence-corrected chi connectivity index (χ3v) is 7.35. The summed E-state index contributed by atoms with van der Waals surface area (Å²) in [4.78, 5) is 15.3. The highest BCUT2D eigenvalue weighted by molar-refractivity contribution is 7.99. The van der Waals surface area contributed by atoms with Crippen LogP contribution in [0.2, 0.25) is 0 Å². The van der Waals surface area contributed by atoms with E-state index in [1.54, 1.807) is 29.2 Å². The van der Waals surface area contributed by atoms with Gasteiger partial charge in [-0.3, -0.25) is 4.90 Å². The number of rotatable bonds is 7. The van der Waals surface area contributed by atoms with Crippen molar-refractivity contribution in [1.29, 1.82) is 5.26 Å². The van der Waals surface area contributed by atoms with Gasteiger partial charge in [0.2, 0.25) is 0 Å². The third-order valence-electron chi connectivity index (χ3n) is 6.38. The van der Waals surface area contributed by atoms with Crippen molar-refractivity contribution >= 4 is 17.9 Å². The van der Waals surface area contributed by atoms with Gasteiger partial charge in [-0.05, 0) is 29.9 Å². The fourth-order valence-electron chi connectivity index (χ4n) is 4.92. The average molecular weight is 473 g/mol. The van der Waals surface area contributed by atoms with Crippen LogP contribution in [0.3, 0.4) is 0 Å². The zero-order valence-corrected chi connectivity index (χ0v) is 20.3. The number of thioether (sulfide) groups is 1. The number of nitrogens with zero attached hydrogens (tertiary/aromatic N) is 2. The van der Waals surface area contributed by atoms with Crippen LogP contribution in [0.1, 0.15) is 42.2 Å². The molecule has 1 aliphatic heterocycles. The van der Waals surface area contributed by atoms with Crippen molar-refractivity contribution in [2.45, 2.75) is 37.0 Å². The summed E-state index contributed by atoms with van der Waals surface area (Å²) >= 11 is 1.41. The molecule has 6 heteroatoms. The van der Waals surface area contributed by atoms with E-state index in [1.165, 1.54) is 11.8 Å². The molecule has 0 spiro atoms. The molecule has 1 heterocycles. The Balaban J connectivity index is 1.84. The molecule has 3 aromatic carbocycles. The molecule has 0 unspecified atom stereocenters. The predicted octanol–water partition coefficient (Wildman–Crippen LogP) is 5.70. The van der Waals surface area contributed by atoms with Gasteiger partial charge in [0.15, 0.2) is 5.60 Å². The Hall–Kier alpha value is -3.27. The highest BCUT2D eigenvalue weighted by atomic mass is 32.2. The van der Waals surface area contributed by atoms with Gasteiger partial charge in [0, 0.05) is 11.1 Å². The number of nitriles is 1. The molecule has 5 nitrogen and oxygen atoms in total. The SMILES string of the molecule is CS[C@@H]([C@@H](O)c1ccc(C#N)cc1)N1C(=O)OC(c2ccccc2)(c2ccccc2)[C@@H]1C(C)C. The van der Waals surface area contributed by atoms with Crippen LogP contribution in [-0.4, -0.2) is 33.8 Å². The number of aliphatic hydroxyl groups is 1. The number of benzene rings is 3. The Morgan fingerprint density at radius 2 is 1.50 bits per heavy atom. The van der Waals surface area contributed by atoms with E-state index in [0.717, 1.165) is 11.1 Å². The fraction of sp³-hybridized carbons (Fsp3) is 0.286. The first kappa shape index (κ1) is 23.9. The second kappa shape index (κ2) is 9.92. The van der Waals surface area contributed by atoms with Crippen molar-refractivity contribution in [2.75, 3.05) is 6.26 Å². The predicted molar refractivity (Wildman–Crippen MR) is 134 cm³/mol. The molecule has 4 rings (SSSR count). The Morgan fingerprint density at radius 1 is 0.971 bits per heavy atom. The van der Waals surface area contributed by atoms with Crippen LogP contribution in [-0.2, 0) is 10.3 Å². The second-order valence-corrected chi connectivity index (χ2v) is 9.69. The van der Waals surface area contributed by atoms with Gasteiger partial charge < -0.3 is 9.84 Å². The molecule has 174 valence electrons. The number of ether oxygens (including phenoxy) is 1. The average Bonchev–Trinajstić information content (AvgIpc) is 3.19. The summed E-state index contributed by atoms with van der Waals surface area (Å²) in [6.45, 7) is 4.15. The minimum Gasteiger partial charge on any atom is -0.431 e. The fourth-order valence-corrected chi connectivity index (χ4v) is 5.78. The lowest BCUT2D eigenvalue weighted by molar-refractivity contribution is 0.0479. The van der Waals surface area contributed by atoms with E-state index >= 15 is 0 Å². The number of aliphatic hydroxyl groups excluding tert-OH is 1. The Labute approximate surface area is 205 Å². The van der Waals surface area contributed by atoms with E-state index in [1.807, 2.05) is 66.9 Å². The summed E-state index contributed by atoms with van der Waals surface area (Å²) in [7, 11) is 0.